The van der Waals surface area contributed by atoms with Crippen LogP contribution < -0.4 is 14.8 Å². The Hall–Kier alpha value is -3.22. The van der Waals surface area contributed by atoms with Crippen LogP contribution in [0.5, 0.6) is 11.5 Å². The number of methoxy groups -OCH3 is 1. The number of allylic oxidation sites excluding steroid dienone is 2. The lowest BCUT2D eigenvalue weighted by Crippen LogP contribution is -2.28. The van der Waals surface area contributed by atoms with Crippen LogP contribution in [0, 0.1) is 11.3 Å². The van der Waals surface area contributed by atoms with E-state index in [9.17, 15) is 14.9 Å². The number of Topliss-reactive ketones (excluding diaryl/α,β-unsaturated/α-hetero) is 1. The van der Waals surface area contributed by atoms with Crippen molar-refractivity contribution in [2.45, 2.75) is 12.8 Å². The third kappa shape index (κ3) is 4.04. The molecule has 0 saturated carbocycles. The van der Waals surface area contributed by atoms with Gasteiger partial charge in [0.15, 0.2) is 17.3 Å². The van der Waals surface area contributed by atoms with Crippen molar-refractivity contribution in [3.63, 3.8) is 0 Å². The van der Waals surface area contributed by atoms with Gasteiger partial charge in [0, 0.05) is 16.1 Å². The summed E-state index contributed by atoms with van der Waals surface area (Å²) in [4.78, 5) is 26.1. The zero-order valence-electron chi connectivity index (χ0n) is 16.8. The summed E-state index contributed by atoms with van der Waals surface area (Å²) < 4.78 is 15.6. The molecule has 0 saturated heterocycles. The van der Waals surface area contributed by atoms with E-state index in [1.807, 2.05) is 17.5 Å². The van der Waals surface area contributed by atoms with Crippen LogP contribution in [-0.4, -0.2) is 31.4 Å². The van der Waals surface area contributed by atoms with E-state index >= 15 is 0 Å². The van der Waals surface area contributed by atoms with Gasteiger partial charge in [0.05, 0.1) is 41.0 Å². The summed E-state index contributed by atoms with van der Waals surface area (Å²) in [5.41, 5.74) is 1.89. The topological polar surface area (TPSA) is 97.7 Å². The van der Waals surface area contributed by atoms with Crippen LogP contribution in [0.4, 0.5) is 0 Å². The fourth-order valence-corrected chi connectivity index (χ4v) is 5.27. The monoisotopic (exact) mass is 454 g/mol. The van der Waals surface area contributed by atoms with Crippen molar-refractivity contribution in [3.8, 4) is 17.6 Å². The van der Waals surface area contributed by atoms with Gasteiger partial charge in [-0.3, -0.25) is 4.79 Å². The van der Waals surface area contributed by atoms with Crippen molar-refractivity contribution in [3.05, 3.63) is 68.0 Å². The summed E-state index contributed by atoms with van der Waals surface area (Å²) >= 11 is 2.70. The summed E-state index contributed by atoms with van der Waals surface area (Å²) in [5, 5.41) is 15.5. The van der Waals surface area contributed by atoms with Crippen LogP contribution in [0.1, 0.15) is 28.1 Å². The van der Waals surface area contributed by atoms with Gasteiger partial charge in [-0.15, -0.1) is 11.3 Å². The average molecular weight is 455 g/mol. The second-order valence-electron chi connectivity index (χ2n) is 6.74. The maximum Gasteiger partial charge on any atom is 0.336 e. The first-order valence-corrected chi connectivity index (χ1v) is 11.2. The molecule has 0 radical (unpaired) electrons. The van der Waals surface area contributed by atoms with E-state index in [0.29, 0.717) is 38.9 Å². The summed E-state index contributed by atoms with van der Waals surface area (Å²) in [6.45, 7) is 1.91. The summed E-state index contributed by atoms with van der Waals surface area (Å²) in [6.07, 6.45) is 0. The van der Waals surface area contributed by atoms with Gasteiger partial charge >= 0.3 is 5.97 Å². The molecule has 0 aliphatic carbocycles. The lowest BCUT2D eigenvalue weighted by molar-refractivity contribution is -0.136. The first-order valence-electron chi connectivity index (χ1n) is 9.33. The smallest absolute Gasteiger partial charge is 0.336 e. The molecule has 1 atom stereocenters. The fourth-order valence-electron chi connectivity index (χ4n) is 3.44. The highest BCUT2D eigenvalue weighted by Gasteiger charge is 2.36. The Morgan fingerprint density at radius 2 is 2.13 bits per heavy atom. The molecule has 4 rings (SSSR count). The highest BCUT2D eigenvalue weighted by molar-refractivity contribution is 8.03. The molecule has 0 fully saturated rings. The van der Waals surface area contributed by atoms with E-state index in [1.54, 1.807) is 25.1 Å². The molecule has 7 nitrogen and oxygen atoms in total. The summed E-state index contributed by atoms with van der Waals surface area (Å²) in [7, 11) is 1.32. The molecule has 0 bridgehead atoms. The van der Waals surface area contributed by atoms with Gasteiger partial charge in [-0.25, -0.2) is 4.79 Å². The SMILES string of the molecule is COC(=O)C1=C(C)NC(SCC(=O)c2ccc3c(c2)OCO3)=C(C#N)[C@@H]1c1cccs1. The van der Waals surface area contributed by atoms with Gasteiger partial charge < -0.3 is 19.5 Å². The van der Waals surface area contributed by atoms with E-state index in [0.717, 1.165) is 4.88 Å². The quantitative estimate of drug-likeness (QED) is 0.517. The molecule has 0 spiro atoms. The van der Waals surface area contributed by atoms with Gasteiger partial charge in [-0.05, 0) is 36.6 Å². The predicted octanol–water partition coefficient (Wildman–Crippen LogP) is 3.96. The molecular formula is C22H18N2O5S2. The normalized spacial score (nSPS) is 17.3. The first kappa shape index (κ1) is 21.0. The fraction of sp³-hybridized carbons (Fsp3) is 0.227. The number of fused-ring (bicyclic) bond motifs is 1. The van der Waals surface area contributed by atoms with Crippen molar-refractivity contribution >= 4 is 34.9 Å². The second kappa shape index (κ2) is 8.88. The number of carbonyl (C=O) groups excluding carboxylic acids is 2. The third-order valence-corrected chi connectivity index (χ3v) is 6.88. The molecule has 9 heteroatoms. The van der Waals surface area contributed by atoms with Gasteiger partial charge in [-0.1, -0.05) is 17.8 Å². The van der Waals surface area contributed by atoms with Crippen molar-refractivity contribution in [1.29, 1.82) is 5.26 Å². The van der Waals surface area contributed by atoms with Crippen molar-refractivity contribution < 1.29 is 23.8 Å². The highest BCUT2D eigenvalue weighted by Crippen LogP contribution is 2.42. The van der Waals surface area contributed by atoms with Gasteiger partial charge in [0.2, 0.25) is 6.79 Å². The Kier molecular flexibility index (Phi) is 6.02. The van der Waals surface area contributed by atoms with Crippen LogP contribution in [0.3, 0.4) is 0 Å². The molecule has 1 aromatic carbocycles. The lowest BCUT2D eigenvalue weighted by Gasteiger charge is -2.28. The number of nitrogens with one attached hydrogen (secondary N) is 1. The minimum absolute atomic E-state index is 0.108. The lowest BCUT2D eigenvalue weighted by atomic mass is 9.87. The Morgan fingerprint density at radius 1 is 1.32 bits per heavy atom. The van der Waals surface area contributed by atoms with E-state index in [4.69, 9.17) is 14.2 Å². The summed E-state index contributed by atoms with van der Waals surface area (Å²) in [5.74, 6) is 0.136. The number of carbonyl (C=O) groups is 2. The molecule has 3 heterocycles. The number of dihydropyridines is 1. The van der Waals surface area contributed by atoms with Crippen LogP contribution in [0.25, 0.3) is 0 Å². The molecule has 1 N–H and O–H groups in total. The Morgan fingerprint density at radius 3 is 2.84 bits per heavy atom. The van der Waals surface area contributed by atoms with Crippen molar-refractivity contribution in [1.82, 2.24) is 5.32 Å². The number of benzene rings is 1. The standard InChI is InChI=1S/C22H18N2O5S2/c1-12-19(22(26)27-2)20(18-4-3-7-30-18)14(9-23)21(24-12)31-10-15(25)13-5-6-16-17(8-13)29-11-28-16/h3-8,20,24H,10-11H2,1-2H3/t20-/m1/s1. The molecule has 2 aliphatic heterocycles. The van der Waals surface area contributed by atoms with Crippen LogP contribution >= 0.6 is 23.1 Å². The zero-order chi connectivity index (χ0) is 22.0. The molecule has 31 heavy (non-hydrogen) atoms. The van der Waals surface area contributed by atoms with Crippen molar-refractivity contribution in [2.24, 2.45) is 0 Å². The number of rotatable bonds is 6. The van der Waals surface area contributed by atoms with Crippen LogP contribution in [0.2, 0.25) is 0 Å². The number of thiophene rings is 1. The van der Waals surface area contributed by atoms with Crippen LogP contribution in [0.15, 0.2) is 57.6 Å². The average Bonchev–Trinajstić information content (AvgIpc) is 3.47. The number of thioether (sulfide) groups is 1. The molecule has 2 aliphatic rings. The molecule has 0 amide bonds. The van der Waals surface area contributed by atoms with Gasteiger partial charge in [-0.2, -0.15) is 5.26 Å². The molecule has 158 valence electrons. The van der Waals surface area contributed by atoms with Crippen molar-refractivity contribution in [2.75, 3.05) is 19.7 Å². The Labute approximate surface area is 187 Å². The zero-order valence-corrected chi connectivity index (χ0v) is 18.4. The number of ketones is 1. The van der Waals surface area contributed by atoms with E-state index in [1.165, 1.54) is 30.2 Å². The maximum absolute atomic E-state index is 12.8. The number of hydrogen-bond acceptors (Lipinski definition) is 9. The predicted molar refractivity (Wildman–Crippen MR) is 117 cm³/mol. The van der Waals surface area contributed by atoms with E-state index < -0.39 is 11.9 Å². The maximum atomic E-state index is 12.8. The molecule has 2 aromatic rings. The summed E-state index contributed by atoms with van der Waals surface area (Å²) in [6, 6.07) is 11.1. The minimum atomic E-state index is -0.540. The molecule has 1 aromatic heterocycles. The Balaban J connectivity index is 1.60. The highest BCUT2D eigenvalue weighted by atomic mass is 32.2. The van der Waals surface area contributed by atoms with Crippen LogP contribution in [-0.2, 0) is 9.53 Å². The number of hydrogen-bond donors (Lipinski definition) is 1. The van der Waals surface area contributed by atoms with Gasteiger partial charge in [0.25, 0.3) is 0 Å². The number of nitrogens with zero attached hydrogens (tertiary/aromatic N) is 1. The minimum Gasteiger partial charge on any atom is -0.466 e. The van der Waals surface area contributed by atoms with E-state index in [2.05, 4.69) is 11.4 Å². The number of nitriles is 1. The second-order valence-corrected chi connectivity index (χ2v) is 8.70. The Bertz CT molecular complexity index is 1150. The number of esters is 1. The third-order valence-electron chi connectivity index (χ3n) is 4.92. The molecule has 0 unspecified atom stereocenters. The number of ether oxygens (including phenoxy) is 3. The van der Waals surface area contributed by atoms with E-state index in [-0.39, 0.29) is 18.3 Å². The van der Waals surface area contributed by atoms with Gasteiger partial charge in [0.1, 0.15) is 0 Å². The molecular weight excluding hydrogens is 436 g/mol. The first-order chi connectivity index (χ1) is 15.0. The largest absolute Gasteiger partial charge is 0.466 e.